The number of carboxylic acid groups (broad SMARTS) is 1. The molecule has 0 saturated carbocycles. The minimum absolute atomic E-state index is 0.359. The third kappa shape index (κ3) is 2.35. The second kappa shape index (κ2) is 4.60. The highest BCUT2D eigenvalue weighted by molar-refractivity contribution is 5.73. The first-order chi connectivity index (χ1) is 6.56. The van der Waals surface area contributed by atoms with Crippen molar-refractivity contribution in [1.29, 1.82) is 0 Å². The van der Waals surface area contributed by atoms with Gasteiger partial charge in [-0.05, 0) is 18.3 Å². The van der Waals surface area contributed by atoms with Gasteiger partial charge >= 0.3 is 5.97 Å². The molecule has 1 aliphatic heterocycles. The average Bonchev–Trinajstić information content (AvgIpc) is 1.99. The molecule has 0 amide bonds. The first-order valence-electron chi connectivity index (χ1n) is 5.14. The first kappa shape index (κ1) is 11.2. The molecule has 0 aromatic heterocycles. The van der Waals surface area contributed by atoms with Crippen molar-refractivity contribution in [2.24, 2.45) is 11.8 Å². The van der Waals surface area contributed by atoms with E-state index in [1.54, 1.807) is 6.08 Å². The van der Waals surface area contributed by atoms with Crippen molar-refractivity contribution in [3.63, 3.8) is 0 Å². The Balaban J connectivity index is 2.42. The molecular weight excluding hydrogens is 178 g/mol. The molecular formula is C11H19NO2. The van der Waals surface area contributed by atoms with Crippen LogP contribution in [0, 0.1) is 11.8 Å². The van der Waals surface area contributed by atoms with Gasteiger partial charge in [0.2, 0.25) is 0 Å². The summed E-state index contributed by atoms with van der Waals surface area (Å²) in [6.07, 6.45) is 2.22. The summed E-state index contributed by atoms with van der Waals surface area (Å²) < 4.78 is 0. The van der Waals surface area contributed by atoms with E-state index in [1.165, 1.54) is 0 Å². The number of hydrogen-bond donors (Lipinski definition) is 1. The Bertz CT molecular complexity index is 219. The van der Waals surface area contributed by atoms with E-state index in [9.17, 15) is 4.79 Å². The van der Waals surface area contributed by atoms with Crippen LogP contribution in [0.2, 0.25) is 0 Å². The van der Waals surface area contributed by atoms with Crippen molar-refractivity contribution in [3.05, 3.63) is 12.7 Å². The number of rotatable bonds is 5. The maximum Gasteiger partial charge on any atom is 0.321 e. The van der Waals surface area contributed by atoms with Gasteiger partial charge in [-0.15, -0.1) is 6.58 Å². The summed E-state index contributed by atoms with van der Waals surface area (Å²) in [6, 6.07) is -0.359. The van der Waals surface area contributed by atoms with E-state index >= 15 is 0 Å². The van der Waals surface area contributed by atoms with Gasteiger partial charge < -0.3 is 5.11 Å². The molecule has 1 aliphatic rings. The van der Waals surface area contributed by atoms with Crippen molar-refractivity contribution in [2.75, 3.05) is 13.1 Å². The van der Waals surface area contributed by atoms with Crippen LogP contribution in [0.1, 0.15) is 20.3 Å². The summed E-state index contributed by atoms with van der Waals surface area (Å²) >= 11 is 0. The summed E-state index contributed by atoms with van der Waals surface area (Å²) in [6.45, 7) is 9.80. The Kier molecular flexibility index (Phi) is 3.69. The topological polar surface area (TPSA) is 40.5 Å². The number of hydrogen-bond acceptors (Lipinski definition) is 2. The largest absolute Gasteiger partial charge is 0.480 e. The Labute approximate surface area is 85.4 Å². The molecule has 3 nitrogen and oxygen atoms in total. The molecule has 1 saturated heterocycles. The lowest BCUT2D eigenvalue weighted by Gasteiger charge is -2.44. The molecule has 1 heterocycles. The maximum atomic E-state index is 10.9. The van der Waals surface area contributed by atoms with Gasteiger partial charge in [-0.3, -0.25) is 9.69 Å². The predicted molar refractivity (Wildman–Crippen MR) is 56.1 cm³/mol. The number of likely N-dealkylation sites (tertiary alicyclic amines) is 1. The summed E-state index contributed by atoms with van der Waals surface area (Å²) in [4.78, 5) is 12.9. The van der Waals surface area contributed by atoms with Crippen LogP contribution in [0.4, 0.5) is 0 Å². The monoisotopic (exact) mass is 197 g/mol. The summed E-state index contributed by atoms with van der Waals surface area (Å²) in [5, 5.41) is 8.98. The zero-order chi connectivity index (χ0) is 10.7. The van der Waals surface area contributed by atoms with Gasteiger partial charge in [0, 0.05) is 13.1 Å². The molecule has 0 radical (unpaired) electrons. The smallest absolute Gasteiger partial charge is 0.321 e. The van der Waals surface area contributed by atoms with E-state index < -0.39 is 5.97 Å². The molecule has 0 aromatic carbocycles. The van der Waals surface area contributed by atoms with Gasteiger partial charge in [0.05, 0.1) is 0 Å². The quantitative estimate of drug-likeness (QED) is 0.681. The van der Waals surface area contributed by atoms with Crippen LogP contribution in [0.3, 0.4) is 0 Å². The summed E-state index contributed by atoms with van der Waals surface area (Å²) in [5.41, 5.74) is 0. The summed E-state index contributed by atoms with van der Waals surface area (Å²) in [5.74, 6) is 0.596. The predicted octanol–water partition coefficient (Wildman–Crippen LogP) is 1.60. The van der Waals surface area contributed by atoms with E-state index in [2.05, 4.69) is 20.4 Å². The van der Waals surface area contributed by atoms with Crippen LogP contribution < -0.4 is 0 Å². The molecule has 0 aliphatic carbocycles. The number of nitrogens with zero attached hydrogens (tertiary/aromatic N) is 1. The van der Waals surface area contributed by atoms with Gasteiger partial charge in [-0.25, -0.2) is 0 Å². The molecule has 1 atom stereocenters. The minimum atomic E-state index is -0.730. The first-order valence-corrected chi connectivity index (χ1v) is 5.14. The third-order valence-corrected chi connectivity index (χ3v) is 3.00. The van der Waals surface area contributed by atoms with Crippen LogP contribution >= 0.6 is 0 Å². The van der Waals surface area contributed by atoms with Crippen LogP contribution in [-0.2, 0) is 4.79 Å². The molecule has 14 heavy (non-hydrogen) atoms. The number of carboxylic acids is 1. The molecule has 1 N–H and O–H groups in total. The van der Waals surface area contributed by atoms with E-state index in [-0.39, 0.29) is 6.04 Å². The Morgan fingerprint density at radius 2 is 2.21 bits per heavy atom. The van der Waals surface area contributed by atoms with Gasteiger partial charge in [-0.2, -0.15) is 0 Å². The highest BCUT2D eigenvalue weighted by Crippen LogP contribution is 2.26. The zero-order valence-electron chi connectivity index (χ0n) is 8.94. The normalized spacial score (nSPS) is 20.5. The van der Waals surface area contributed by atoms with Gasteiger partial charge in [0.15, 0.2) is 0 Å². The molecule has 1 rings (SSSR count). The summed E-state index contributed by atoms with van der Waals surface area (Å²) in [7, 11) is 0. The second-order valence-corrected chi connectivity index (χ2v) is 4.34. The van der Waals surface area contributed by atoms with E-state index in [4.69, 9.17) is 5.11 Å². The van der Waals surface area contributed by atoms with Crippen molar-refractivity contribution < 1.29 is 9.90 Å². The van der Waals surface area contributed by atoms with E-state index in [0.29, 0.717) is 18.3 Å². The third-order valence-electron chi connectivity index (χ3n) is 3.00. The molecule has 0 spiro atoms. The zero-order valence-corrected chi connectivity index (χ0v) is 8.94. The molecule has 0 aromatic rings. The standard InChI is InChI=1S/C11H19NO2/c1-4-5-10(11(13)14)12-6-9(7-12)8(2)3/h4,8-10H,1,5-7H2,2-3H3,(H,13,14). The Morgan fingerprint density at radius 1 is 1.64 bits per heavy atom. The lowest BCUT2D eigenvalue weighted by atomic mass is 9.87. The Hall–Kier alpha value is -0.830. The van der Waals surface area contributed by atoms with E-state index in [1.807, 2.05) is 4.90 Å². The molecule has 1 unspecified atom stereocenters. The van der Waals surface area contributed by atoms with Crippen LogP contribution in [0.5, 0.6) is 0 Å². The fourth-order valence-corrected chi connectivity index (χ4v) is 1.79. The number of carbonyl (C=O) groups is 1. The lowest BCUT2D eigenvalue weighted by Crippen LogP contribution is -2.56. The van der Waals surface area contributed by atoms with Crippen LogP contribution in [-0.4, -0.2) is 35.1 Å². The number of aliphatic carboxylic acids is 1. The lowest BCUT2D eigenvalue weighted by molar-refractivity contribution is -0.146. The fraction of sp³-hybridized carbons (Fsp3) is 0.727. The second-order valence-electron chi connectivity index (χ2n) is 4.34. The van der Waals surface area contributed by atoms with Gasteiger partial charge in [0.25, 0.3) is 0 Å². The van der Waals surface area contributed by atoms with Crippen molar-refractivity contribution in [2.45, 2.75) is 26.3 Å². The van der Waals surface area contributed by atoms with E-state index in [0.717, 1.165) is 13.1 Å². The molecule has 3 heteroatoms. The Morgan fingerprint density at radius 3 is 2.57 bits per heavy atom. The molecule has 0 bridgehead atoms. The van der Waals surface area contributed by atoms with Crippen molar-refractivity contribution >= 4 is 5.97 Å². The fourth-order valence-electron chi connectivity index (χ4n) is 1.79. The van der Waals surface area contributed by atoms with Crippen LogP contribution in [0.25, 0.3) is 0 Å². The van der Waals surface area contributed by atoms with Gasteiger partial charge in [0.1, 0.15) is 6.04 Å². The van der Waals surface area contributed by atoms with Gasteiger partial charge in [-0.1, -0.05) is 19.9 Å². The van der Waals surface area contributed by atoms with Crippen LogP contribution in [0.15, 0.2) is 12.7 Å². The molecule has 1 fully saturated rings. The minimum Gasteiger partial charge on any atom is -0.480 e. The van der Waals surface area contributed by atoms with Crippen molar-refractivity contribution in [1.82, 2.24) is 4.90 Å². The SMILES string of the molecule is C=CCC(C(=O)O)N1CC(C(C)C)C1. The average molecular weight is 197 g/mol. The highest BCUT2D eigenvalue weighted by atomic mass is 16.4. The highest BCUT2D eigenvalue weighted by Gasteiger charge is 2.36. The maximum absolute atomic E-state index is 10.9. The van der Waals surface area contributed by atoms with Crippen molar-refractivity contribution in [3.8, 4) is 0 Å². The molecule has 80 valence electrons.